The number of likely N-dealkylation sites (tertiary alicyclic amines) is 1. The SMILES string of the molecule is Cc1ccc(C)c(OC2CCN(C(=O)CCCN)CC2)c1. The first kappa shape index (κ1) is 15.8. The fraction of sp³-hybridized carbons (Fsp3) is 0.588. The molecule has 1 aliphatic heterocycles. The van der Waals surface area contributed by atoms with Crippen LogP contribution in [-0.2, 0) is 4.79 Å². The molecule has 1 heterocycles. The summed E-state index contributed by atoms with van der Waals surface area (Å²) in [4.78, 5) is 13.9. The van der Waals surface area contributed by atoms with Crippen LogP contribution in [-0.4, -0.2) is 36.5 Å². The van der Waals surface area contributed by atoms with Crippen LogP contribution in [0.25, 0.3) is 0 Å². The van der Waals surface area contributed by atoms with Gasteiger partial charge in [-0.25, -0.2) is 0 Å². The van der Waals surface area contributed by atoms with Gasteiger partial charge in [-0.15, -0.1) is 0 Å². The zero-order valence-electron chi connectivity index (χ0n) is 13.1. The maximum atomic E-state index is 12.0. The molecule has 1 aromatic rings. The minimum absolute atomic E-state index is 0.212. The monoisotopic (exact) mass is 290 g/mol. The van der Waals surface area contributed by atoms with Crippen molar-refractivity contribution < 1.29 is 9.53 Å². The first-order valence-corrected chi connectivity index (χ1v) is 7.82. The predicted molar refractivity (Wildman–Crippen MR) is 84.4 cm³/mol. The molecule has 0 aromatic heterocycles. The molecule has 0 spiro atoms. The second kappa shape index (κ2) is 7.46. The van der Waals surface area contributed by atoms with E-state index in [1.54, 1.807) is 0 Å². The van der Waals surface area contributed by atoms with Crippen LogP contribution in [0, 0.1) is 13.8 Å². The highest BCUT2D eigenvalue weighted by atomic mass is 16.5. The lowest BCUT2D eigenvalue weighted by molar-refractivity contribution is -0.133. The zero-order chi connectivity index (χ0) is 15.2. The summed E-state index contributed by atoms with van der Waals surface area (Å²) in [6.07, 6.45) is 3.37. The first-order chi connectivity index (χ1) is 10.1. The lowest BCUT2D eigenvalue weighted by Gasteiger charge is -2.32. The average Bonchev–Trinajstić information content (AvgIpc) is 2.49. The van der Waals surface area contributed by atoms with Crippen LogP contribution < -0.4 is 10.5 Å². The zero-order valence-corrected chi connectivity index (χ0v) is 13.1. The van der Waals surface area contributed by atoms with Crippen LogP contribution in [0.3, 0.4) is 0 Å². The number of ether oxygens (including phenoxy) is 1. The molecular formula is C17H26N2O2. The van der Waals surface area contributed by atoms with Gasteiger partial charge in [-0.05, 0) is 44.0 Å². The van der Waals surface area contributed by atoms with E-state index in [1.807, 2.05) is 4.90 Å². The Bertz CT molecular complexity index is 480. The third-order valence-corrected chi connectivity index (χ3v) is 4.03. The van der Waals surface area contributed by atoms with E-state index < -0.39 is 0 Å². The molecule has 4 heteroatoms. The highest BCUT2D eigenvalue weighted by Crippen LogP contribution is 2.24. The van der Waals surface area contributed by atoms with Gasteiger partial charge in [0, 0.05) is 32.4 Å². The van der Waals surface area contributed by atoms with E-state index in [-0.39, 0.29) is 12.0 Å². The molecule has 0 unspecified atom stereocenters. The molecule has 1 aromatic carbocycles. The van der Waals surface area contributed by atoms with Gasteiger partial charge in [-0.3, -0.25) is 4.79 Å². The van der Waals surface area contributed by atoms with Crippen LogP contribution in [0.4, 0.5) is 0 Å². The normalized spacial score (nSPS) is 16.0. The maximum Gasteiger partial charge on any atom is 0.222 e. The minimum atomic E-state index is 0.212. The van der Waals surface area contributed by atoms with Crippen molar-refractivity contribution in [2.45, 2.75) is 45.6 Å². The third-order valence-electron chi connectivity index (χ3n) is 4.03. The van der Waals surface area contributed by atoms with Crippen molar-refractivity contribution in [2.24, 2.45) is 5.73 Å². The number of piperidine rings is 1. The minimum Gasteiger partial charge on any atom is -0.490 e. The van der Waals surface area contributed by atoms with Crippen LogP contribution in [0.2, 0.25) is 0 Å². The molecular weight excluding hydrogens is 264 g/mol. The van der Waals surface area contributed by atoms with Crippen molar-refractivity contribution >= 4 is 5.91 Å². The van der Waals surface area contributed by atoms with Gasteiger partial charge in [0.1, 0.15) is 11.9 Å². The number of amides is 1. The van der Waals surface area contributed by atoms with Crippen LogP contribution in [0.15, 0.2) is 18.2 Å². The highest BCUT2D eigenvalue weighted by molar-refractivity contribution is 5.76. The van der Waals surface area contributed by atoms with Gasteiger partial charge >= 0.3 is 0 Å². The molecule has 1 saturated heterocycles. The van der Waals surface area contributed by atoms with Gasteiger partial charge in [-0.2, -0.15) is 0 Å². The lowest BCUT2D eigenvalue weighted by atomic mass is 10.1. The molecule has 1 amide bonds. The van der Waals surface area contributed by atoms with Gasteiger partial charge in [0.2, 0.25) is 5.91 Å². The standard InChI is InChI=1S/C17H26N2O2/c1-13-5-6-14(2)16(12-13)21-15-7-10-19(11-8-15)17(20)4-3-9-18/h5-6,12,15H,3-4,7-11,18H2,1-2H3. The van der Waals surface area contributed by atoms with E-state index >= 15 is 0 Å². The van der Waals surface area contributed by atoms with Crippen LogP contribution in [0.1, 0.15) is 36.8 Å². The topological polar surface area (TPSA) is 55.6 Å². The van der Waals surface area contributed by atoms with Crippen molar-refractivity contribution in [1.29, 1.82) is 0 Å². The van der Waals surface area contributed by atoms with Crippen molar-refractivity contribution in [1.82, 2.24) is 4.90 Å². The molecule has 21 heavy (non-hydrogen) atoms. The molecule has 0 atom stereocenters. The largest absolute Gasteiger partial charge is 0.490 e. The summed E-state index contributed by atoms with van der Waals surface area (Å²) >= 11 is 0. The summed E-state index contributed by atoms with van der Waals surface area (Å²) in [5.41, 5.74) is 7.83. The van der Waals surface area contributed by atoms with Crippen LogP contribution in [0.5, 0.6) is 5.75 Å². The summed E-state index contributed by atoms with van der Waals surface area (Å²) in [7, 11) is 0. The Labute approximate surface area is 127 Å². The number of rotatable bonds is 5. The second-order valence-electron chi connectivity index (χ2n) is 5.86. The molecule has 1 fully saturated rings. The highest BCUT2D eigenvalue weighted by Gasteiger charge is 2.23. The number of carbonyl (C=O) groups excluding carboxylic acids is 1. The average molecular weight is 290 g/mol. The van der Waals surface area contributed by atoms with E-state index in [4.69, 9.17) is 10.5 Å². The summed E-state index contributed by atoms with van der Waals surface area (Å²) in [5, 5.41) is 0. The molecule has 2 N–H and O–H groups in total. The number of nitrogens with zero attached hydrogens (tertiary/aromatic N) is 1. The van der Waals surface area contributed by atoms with Crippen molar-refractivity contribution in [3.05, 3.63) is 29.3 Å². The first-order valence-electron chi connectivity index (χ1n) is 7.82. The molecule has 1 aliphatic rings. The van der Waals surface area contributed by atoms with Gasteiger partial charge in [-0.1, -0.05) is 12.1 Å². The van der Waals surface area contributed by atoms with Gasteiger partial charge < -0.3 is 15.4 Å². The Morgan fingerprint density at radius 3 is 2.71 bits per heavy atom. The van der Waals surface area contributed by atoms with Gasteiger partial charge in [0.05, 0.1) is 0 Å². The van der Waals surface area contributed by atoms with Crippen LogP contribution >= 0.6 is 0 Å². The summed E-state index contributed by atoms with van der Waals surface area (Å²) in [5.74, 6) is 1.20. The Hall–Kier alpha value is -1.55. The number of hydrogen-bond acceptors (Lipinski definition) is 3. The fourth-order valence-electron chi connectivity index (χ4n) is 2.65. The number of nitrogens with two attached hydrogens (primary N) is 1. The Balaban J connectivity index is 1.84. The van der Waals surface area contributed by atoms with E-state index in [9.17, 15) is 4.79 Å². The Kier molecular flexibility index (Phi) is 5.62. The quantitative estimate of drug-likeness (QED) is 0.906. The summed E-state index contributed by atoms with van der Waals surface area (Å²) in [6.45, 7) is 6.31. The van der Waals surface area contributed by atoms with Gasteiger partial charge in [0.25, 0.3) is 0 Å². The van der Waals surface area contributed by atoms with Crippen molar-refractivity contribution in [3.63, 3.8) is 0 Å². The van der Waals surface area contributed by atoms with Gasteiger partial charge in [0.15, 0.2) is 0 Å². The molecule has 0 saturated carbocycles. The second-order valence-corrected chi connectivity index (χ2v) is 5.86. The maximum absolute atomic E-state index is 12.0. The van der Waals surface area contributed by atoms with E-state index in [0.29, 0.717) is 13.0 Å². The Morgan fingerprint density at radius 1 is 1.33 bits per heavy atom. The predicted octanol–water partition coefficient (Wildman–Crippen LogP) is 2.41. The summed E-state index contributed by atoms with van der Waals surface area (Å²) < 4.78 is 6.12. The fourth-order valence-corrected chi connectivity index (χ4v) is 2.65. The molecule has 116 valence electrons. The Morgan fingerprint density at radius 2 is 2.05 bits per heavy atom. The molecule has 4 nitrogen and oxygen atoms in total. The van der Waals surface area contributed by atoms with E-state index in [1.165, 1.54) is 11.1 Å². The van der Waals surface area contributed by atoms with E-state index in [0.717, 1.165) is 38.1 Å². The lowest BCUT2D eigenvalue weighted by Crippen LogP contribution is -2.41. The molecule has 0 radical (unpaired) electrons. The third kappa shape index (κ3) is 4.46. The molecule has 2 rings (SSSR count). The van der Waals surface area contributed by atoms with E-state index in [2.05, 4.69) is 32.0 Å². The molecule has 0 bridgehead atoms. The van der Waals surface area contributed by atoms with Crippen molar-refractivity contribution in [2.75, 3.05) is 19.6 Å². The number of aryl methyl sites for hydroxylation is 2. The van der Waals surface area contributed by atoms with Crippen molar-refractivity contribution in [3.8, 4) is 5.75 Å². The number of carbonyl (C=O) groups is 1. The smallest absolute Gasteiger partial charge is 0.222 e. The summed E-state index contributed by atoms with van der Waals surface area (Å²) in [6, 6.07) is 6.28. The number of hydrogen-bond donors (Lipinski definition) is 1. The molecule has 0 aliphatic carbocycles. The number of benzene rings is 1.